The summed E-state index contributed by atoms with van der Waals surface area (Å²) >= 11 is 0. The molecular formula is C20H16FN3O5. The molecule has 0 spiro atoms. The van der Waals surface area contributed by atoms with E-state index in [9.17, 15) is 14.0 Å². The summed E-state index contributed by atoms with van der Waals surface area (Å²) in [6.45, 7) is -0.209. The lowest BCUT2D eigenvalue weighted by Gasteiger charge is -2.10. The first kappa shape index (κ1) is 18.5. The van der Waals surface area contributed by atoms with Gasteiger partial charge in [0, 0.05) is 29.4 Å². The van der Waals surface area contributed by atoms with Crippen LogP contribution in [0.5, 0.6) is 17.2 Å². The van der Waals surface area contributed by atoms with Crippen LogP contribution in [0.25, 0.3) is 11.3 Å². The van der Waals surface area contributed by atoms with Gasteiger partial charge in [0.1, 0.15) is 18.1 Å². The van der Waals surface area contributed by atoms with Crippen LogP contribution in [-0.4, -0.2) is 29.6 Å². The fraction of sp³-hybridized carbons (Fsp3) is 0.150. The number of aromatic nitrogens is 2. The first-order valence-electron chi connectivity index (χ1n) is 8.65. The maximum absolute atomic E-state index is 14.3. The third-order valence-corrected chi connectivity index (χ3v) is 4.27. The molecular weight excluding hydrogens is 381 g/mol. The number of carbonyl (C=O) groups is 1. The van der Waals surface area contributed by atoms with Crippen LogP contribution in [0.4, 0.5) is 10.1 Å². The van der Waals surface area contributed by atoms with Crippen molar-refractivity contribution in [3.63, 3.8) is 0 Å². The minimum atomic E-state index is -0.549. The highest BCUT2D eigenvalue weighted by molar-refractivity contribution is 5.90. The number of carbonyl (C=O) groups excluding carboxylic acids is 1. The zero-order chi connectivity index (χ0) is 20.4. The molecule has 1 aliphatic rings. The van der Waals surface area contributed by atoms with Gasteiger partial charge in [0.25, 0.3) is 5.56 Å². The number of fused-ring (bicyclic) bond motifs is 1. The van der Waals surface area contributed by atoms with E-state index >= 15 is 0 Å². The lowest BCUT2D eigenvalue weighted by molar-refractivity contribution is -0.117. The summed E-state index contributed by atoms with van der Waals surface area (Å²) < 4.78 is 30.7. The lowest BCUT2D eigenvalue weighted by Crippen LogP contribution is -2.29. The predicted molar refractivity (Wildman–Crippen MR) is 102 cm³/mol. The summed E-state index contributed by atoms with van der Waals surface area (Å²) in [5.41, 5.74) is 0.421. The number of nitrogens with zero attached hydrogens (tertiary/aromatic N) is 2. The van der Waals surface area contributed by atoms with Crippen molar-refractivity contribution in [2.75, 3.05) is 19.2 Å². The molecule has 0 fully saturated rings. The van der Waals surface area contributed by atoms with Gasteiger partial charge in [-0.2, -0.15) is 5.10 Å². The van der Waals surface area contributed by atoms with Crippen molar-refractivity contribution in [3.05, 3.63) is 64.7 Å². The van der Waals surface area contributed by atoms with E-state index in [4.69, 9.17) is 14.2 Å². The van der Waals surface area contributed by atoms with Crippen LogP contribution in [0.2, 0.25) is 0 Å². The average Bonchev–Trinajstić information content (AvgIpc) is 3.17. The highest BCUT2D eigenvalue weighted by Gasteiger charge is 2.15. The molecule has 0 unspecified atom stereocenters. The van der Waals surface area contributed by atoms with Crippen molar-refractivity contribution in [3.8, 4) is 28.5 Å². The predicted octanol–water partition coefficient (Wildman–Crippen LogP) is 2.43. The van der Waals surface area contributed by atoms with Crippen LogP contribution < -0.4 is 25.1 Å². The number of ether oxygens (including phenoxy) is 3. The van der Waals surface area contributed by atoms with Crippen molar-refractivity contribution in [1.29, 1.82) is 0 Å². The highest BCUT2D eigenvalue weighted by atomic mass is 19.1. The molecule has 0 saturated heterocycles. The molecule has 2 heterocycles. The second kappa shape index (κ2) is 7.63. The number of benzene rings is 2. The van der Waals surface area contributed by atoms with Gasteiger partial charge in [0.15, 0.2) is 11.5 Å². The summed E-state index contributed by atoms with van der Waals surface area (Å²) in [5.74, 6) is 0.463. The Labute approximate surface area is 164 Å². The molecule has 1 aromatic heterocycles. The molecule has 148 valence electrons. The third kappa shape index (κ3) is 3.88. The summed E-state index contributed by atoms with van der Waals surface area (Å²) in [6, 6.07) is 11.9. The summed E-state index contributed by atoms with van der Waals surface area (Å²) in [5, 5.41) is 6.78. The first-order chi connectivity index (χ1) is 14.0. The number of amides is 1. The highest BCUT2D eigenvalue weighted by Crippen LogP contribution is 2.34. The normalized spacial score (nSPS) is 11.9. The molecule has 1 N–H and O–H groups in total. The van der Waals surface area contributed by atoms with Gasteiger partial charge < -0.3 is 19.5 Å². The van der Waals surface area contributed by atoms with Crippen molar-refractivity contribution in [2.24, 2.45) is 0 Å². The minimum Gasteiger partial charge on any atom is -0.497 e. The van der Waals surface area contributed by atoms with E-state index in [-0.39, 0.29) is 24.6 Å². The van der Waals surface area contributed by atoms with E-state index in [0.717, 1.165) is 4.68 Å². The first-order valence-corrected chi connectivity index (χ1v) is 8.65. The average molecular weight is 397 g/mol. The van der Waals surface area contributed by atoms with Gasteiger partial charge >= 0.3 is 0 Å². The van der Waals surface area contributed by atoms with Crippen LogP contribution in [0, 0.1) is 5.82 Å². The number of halogens is 1. The Bertz CT molecular complexity index is 1150. The zero-order valence-corrected chi connectivity index (χ0v) is 15.3. The number of methoxy groups -OCH3 is 1. The van der Waals surface area contributed by atoms with Gasteiger partial charge in [-0.1, -0.05) is 0 Å². The molecule has 2 aromatic carbocycles. The monoisotopic (exact) mass is 397 g/mol. The Morgan fingerprint density at radius 2 is 2.00 bits per heavy atom. The van der Waals surface area contributed by atoms with Gasteiger partial charge in [-0.25, -0.2) is 9.07 Å². The Hall–Kier alpha value is -3.88. The van der Waals surface area contributed by atoms with E-state index in [1.54, 1.807) is 24.3 Å². The van der Waals surface area contributed by atoms with Crippen molar-refractivity contribution in [1.82, 2.24) is 9.78 Å². The van der Waals surface area contributed by atoms with E-state index in [1.807, 2.05) is 0 Å². The van der Waals surface area contributed by atoms with Crippen LogP contribution in [0.15, 0.2) is 53.3 Å². The molecule has 0 aliphatic carbocycles. The maximum atomic E-state index is 14.3. The summed E-state index contributed by atoms with van der Waals surface area (Å²) in [6.07, 6.45) is 0. The Kier molecular flexibility index (Phi) is 4.86. The summed E-state index contributed by atoms with van der Waals surface area (Å²) in [4.78, 5) is 24.5. The minimum absolute atomic E-state index is 0.126. The summed E-state index contributed by atoms with van der Waals surface area (Å²) in [7, 11) is 1.44. The fourth-order valence-electron chi connectivity index (χ4n) is 2.85. The molecule has 9 heteroatoms. The zero-order valence-electron chi connectivity index (χ0n) is 15.3. The van der Waals surface area contributed by atoms with Crippen LogP contribution in [-0.2, 0) is 11.3 Å². The molecule has 0 saturated carbocycles. The number of hydrogen-bond acceptors (Lipinski definition) is 6. The molecule has 3 aromatic rings. The molecule has 8 nitrogen and oxygen atoms in total. The van der Waals surface area contributed by atoms with Gasteiger partial charge in [-0.05, 0) is 30.3 Å². The van der Waals surface area contributed by atoms with E-state index in [2.05, 4.69) is 10.4 Å². The molecule has 0 bridgehead atoms. The van der Waals surface area contributed by atoms with Crippen molar-refractivity contribution in [2.45, 2.75) is 6.54 Å². The fourth-order valence-corrected chi connectivity index (χ4v) is 2.85. The van der Waals surface area contributed by atoms with E-state index < -0.39 is 17.3 Å². The topological polar surface area (TPSA) is 91.7 Å². The molecule has 4 rings (SSSR count). The smallest absolute Gasteiger partial charge is 0.267 e. The van der Waals surface area contributed by atoms with Gasteiger partial charge in [-0.3, -0.25) is 9.59 Å². The molecule has 1 aliphatic heterocycles. The quantitative estimate of drug-likeness (QED) is 0.711. The van der Waals surface area contributed by atoms with E-state index in [1.165, 1.54) is 31.4 Å². The molecule has 0 radical (unpaired) electrons. The van der Waals surface area contributed by atoms with Crippen LogP contribution >= 0.6 is 0 Å². The number of rotatable bonds is 5. The second-order valence-corrected chi connectivity index (χ2v) is 6.18. The van der Waals surface area contributed by atoms with Gasteiger partial charge in [0.05, 0.1) is 12.8 Å². The lowest BCUT2D eigenvalue weighted by atomic mass is 10.1. The maximum Gasteiger partial charge on any atom is 0.267 e. The SMILES string of the molecule is COc1ccc(-c2ccc(=O)n(CC(=O)Nc3ccc4c(c3)OCO4)n2)c(F)c1. The van der Waals surface area contributed by atoms with Crippen molar-refractivity contribution >= 4 is 11.6 Å². The molecule has 0 atom stereocenters. The van der Waals surface area contributed by atoms with Gasteiger partial charge in [0.2, 0.25) is 12.7 Å². The third-order valence-electron chi connectivity index (χ3n) is 4.27. The second-order valence-electron chi connectivity index (χ2n) is 6.18. The number of anilines is 1. The number of hydrogen-bond donors (Lipinski definition) is 1. The standard InChI is InChI=1S/C20H16FN3O5/c1-27-13-3-4-14(15(21)9-13)16-5-7-20(26)24(23-16)10-19(25)22-12-2-6-17-18(8-12)29-11-28-17/h2-9H,10-11H2,1H3,(H,22,25). The van der Waals surface area contributed by atoms with Crippen LogP contribution in [0.3, 0.4) is 0 Å². The molecule has 1 amide bonds. The van der Waals surface area contributed by atoms with Gasteiger partial charge in [-0.15, -0.1) is 0 Å². The molecule has 29 heavy (non-hydrogen) atoms. The number of nitrogens with one attached hydrogen (secondary N) is 1. The van der Waals surface area contributed by atoms with E-state index in [0.29, 0.717) is 22.9 Å². The Morgan fingerprint density at radius 3 is 2.79 bits per heavy atom. The van der Waals surface area contributed by atoms with Crippen molar-refractivity contribution < 1.29 is 23.4 Å². The van der Waals surface area contributed by atoms with Crippen LogP contribution in [0.1, 0.15) is 0 Å². The largest absolute Gasteiger partial charge is 0.497 e. The Balaban J connectivity index is 1.53. The Morgan fingerprint density at radius 1 is 1.17 bits per heavy atom.